The quantitative estimate of drug-likeness (QED) is 0.756. The summed E-state index contributed by atoms with van der Waals surface area (Å²) in [5.41, 5.74) is 3.42. The number of likely N-dealkylation sites (tertiary alicyclic amines) is 1. The molecule has 1 N–H and O–H groups in total. The predicted octanol–water partition coefficient (Wildman–Crippen LogP) is 3.52. The SMILES string of the molecule is CC1=NC(=O)C(CNC(=O)c2cccc3c2cnn3C2CCCC2)C(CN2CCCC2)=C1. The number of amides is 2. The molecular formula is C25H31N5O2. The van der Waals surface area contributed by atoms with Crippen LogP contribution in [0, 0.1) is 5.92 Å². The van der Waals surface area contributed by atoms with Gasteiger partial charge in [0, 0.05) is 24.2 Å². The largest absolute Gasteiger partial charge is 0.351 e. The number of hydrogen-bond acceptors (Lipinski definition) is 4. The molecule has 0 radical (unpaired) electrons. The topological polar surface area (TPSA) is 79.6 Å². The van der Waals surface area contributed by atoms with Crippen molar-refractivity contribution in [3.05, 3.63) is 41.6 Å². The molecule has 7 nitrogen and oxygen atoms in total. The zero-order valence-electron chi connectivity index (χ0n) is 18.7. The summed E-state index contributed by atoms with van der Waals surface area (Å²) in [7, 11) is 0. The number of fused-ring (bicyclic) bond motifs is 1. The molecule has 2 aliphatic heterocycles. The maximum Gasteiger partial charge on any atom is 0.254 e. The van der Waals surface area contributed by atoms with E-state index in [0.29, 0.717) is 11.6 Å². The lowest BCUT2D eigenvalue weighted by Crippen LogP contribution is -2.38. The molecule has 1 saturated heterocycles. The summed E-state index contributed by atoms with van der Waals surface area (Å²) < 4.78 is 2.08. The van der Waals surface area contributed by atoms with Crippen molar-refractivity contribution in [1.29, 1.82) is 0 Å². The highest BCUT2D eigenvalue weighted by molar-refractivity contribution is 6.07. The van der Waals surface area contributed by atoms with Gasteiger partial charge in [0.1, 0.15) is 0 Å². The van der Waals surface area contributed by atoms with Gasteiger partial charge >= 0.3 is 0 Å². The Kier molecular flexibility index (Phi) is 5.91. The first-order chi connectivity index (χ1) is 15.6. The number of hydrogen-bond donors (Lipinski definition) is 1. The van der Waals surface area contributed by atoms with E-state index in [2.05, 4.69) is 25.0 Å². The molecule has 2 aromatic rings. The van der Waals surface area contributed by atoms with Crippen LogP contribution in [-0.4, -0.2) is 58.4 Å². The second-order valence-corrected chi connectivity index (χ2v) is 9.32. The van der Waals surface area contributed by atoms with Crippen molar-refractivity contribution in [2.45, 2.75) is 51.5 Å². The number of carbonyl (C=O) groups excluding carboxylic acids is 2. The van der Waals surface area contributed by atoms with Crippen LogP contribution < -0.4 is 5.32 Å². The molecule has 1 saturated carbocycles. The van der Waals surface area contributed by atoms with E-state index in [1.807, 2.05) is 31.2 Å². The zero-order chi connectivity index (χ0) is 22.1. The Morgan fingerprint density at radius 1 is 1.16 bits per heavy atom. The van der Waals surface area contributed by atoms with Gasteiger partial charge in [-0.05, 0) is 69.5 Å². The van der Waals surface area contributed by atoms with E-state index >= 15 is 0 Å². The van der Waals surface area contributed by atoms with Crippen molar-refractivity contribution in [3.63, 3.8) is 0 Å². The lowest BCUT2D eigenvalue weighted by atomic mass is 9.93. The molecule has 1 aliphatic carbocycles. The summed E-state index contributed by atoms with van der Waals surface area (Å²) >= 11 is 0. The monoisotopic (exact) mass is 433 g/mol. The summed E-state index contributed by atoms with van der Waals surface area (Å²) in [6.45, 7) is 5.02. The summed E-state index contributed by atoms with van der Waals surface area (Å²) in [6.07, 6.45) is 11.0. The van der Waals surface area contributed by atoms with Crippen LogP contribution in [0.1, 0.15) is 61.8 Å². The second kappa shape index (κ2) is 8.98. The first-order valence-corrected chi connectivity index (χ1v) is 11.9. The highest BCUT2D eigenvalue weighted by atomic mass is 16.2. The first kappa shape index (κ1) is 21.1. The Morgan fingerprint density at radius 2 is 1.94 bits per heavy atom. The standard InChI is InChI=1S/C25H31N5O2/c1-17-13-18(16-29-11-4-5-12-29)21(25(32)28-17)14-26-24(31)20-9-6-10-23-22(20)15-27-30(23)19-7-2-3-8-19/h6,9-10,13,15,19,21H,2-5,7-8,11-12,14,16H2,1H3,(H,26,31). The Bertz CT molecular complexity index is 1090. The number of aromatic nitrogens is 2. The second-order valence-electron chi connectivity index (χ2n) is 9.32. The van der Waals surface area contributed by atoms with E-state index in [4.69, 9.17) is 0 Å². The summed E-state index contributed by atoms with van der Waals surface area (Å²) in [5, 5.41) is 8.49. The molecule has 2 amide bonds. The number of rotatable bonds is 6. The molecule has 5 rings (SSSR count). The van der Waals surface area contributed by atoms with E-state index in [0.717, 1.165) is 54.7 Å². The molecule has 32 heavy (non-hydrogen) atoms. The van der Waals surface area contributed by atoms with E-state index < -0.39 is 5.92 Å². The van der Waals surface area contributed by atoms with Crippen molar-refractivity contribution in [2.24, 2.45) is 10.9 Å². The van der Waals surface area contributed by atoms with Crippen LogP contribution >= 0.6 is 0 Å². The van der Waals surface area contributed by atoms with Crippen LogP contribution in [0.25, 0.3) is 10.9 Å². The zero-order valence-corrected chi connectivity index (χ0v) is 18.7. The van der Waals surface area contributed by atoms with Crippen molar-refractivity contribution in [1.82, 2.24) is 20.0 Å². The molecule has 2 fully saturated rings. The first-order valence-electron chi connectivity index (χ1n) is 11.9. The molecule has 1 aromatic carbocycles. The smallest absolute Gasteiger partial charge is 0.254 e. The average Bonchev–Trinajstić information content (AvgIpc) is 3.53. The summed E-state index contributed by atoms with van der Waals surface area (Å²) in [6, 6.07) is 6.22. The van der Waals surface area contributed by atoms with Gasteiger partial charge < -0.3 is 5.32 Å². The van der Waals surface area contributed by atoms with Gasteiger partial charge in [-0.3, -0.25) is 19.2 Å². The molecule has 7 heteroatoms. The van der Waals surface area contributed by atoms with Gasteiger partial charge in [0.15, 0.2) is 0 Å². The number of nitrogens with zero attached hydrogens (tertiary/aromatic N) is 4. The number of nitrogens with one attached hydrogen (secondary N) is 1. The molecular weight excluding hydrogens is 402 g/mol. The Hall–Kier alpha value is -2.80. The van der Waals surface area contributed by atoms with Gasteiger partial charge in [-0.1, -0.05) is 18.9 Å². The fourth-order valence-electron chi connectivity index (χ4n) is 5.38. The van der Waals surface area contributed by atoms with Gasteiger partial charge in [-0.15, -0.1) is 0 Å². The number of aliphatic imine (C=N–C) groups is 1. The molecule has 3 aliphatic rings. The molecule has 1 atom stereocenters. The van der Waals surface area contributed by atoms with Crippen LogP contribution in [-0.2, 0) is 4.79 Å². The minimum atomic E-state index is -0.399. The number of dihydropyridines is 1. The van der Waals surface area contributed by atoms with E-state index in [9.17, 15) is 9.59 Å². The lowest BCUT2D eigenvalue weighted by Gasteiger charge is -2.25. The van der Waals surface area contributed by atoms with Crippen LogP contribution in [0.5, 0.6) is 0 Å². The Morgan fingerprint density at radius 3 is 2.72 bits per heavy atom. The third-order valence-corrected chi connectivity index (χ3v) is 7.05. The van der Waals surface area contributed by atoms with Crippen molar-refractivity contribution >= 4 is 28.4 Å². The van der Waals surface area contributed by atoms with Crippen LogP contribution in [0.15, 0.2) is 41.0 Å². The number of carbonyl (C=O) groups is 2. The highest BCUT2D eigenvalue weighted by Crippen LogP contribution is 2.32. The average molecular weight is 434 g/mol. The van der Waals surface area contributed by atoms with E-state index in [1.54, 1.807) is 6.20 Å². The Balaban J connectivity index is 1.32. The molecule has 1 unspecified atom stereocenters. The fourth-order valence-corrected chi connectivity index (χ4v) is 5.38. The Labute approximate surface area is 188 Å². The van der Waals surface area contributed by atoms with Crippen molar-refractivity contribution < 1.29 is 9.59 Å². The lowest BCUT2D eigenvalue weighted by molar-refractivity contribution is -0.120. The third kappa shape index (κ3) is 4.13. The summed E-state index contributed by atoms with van der Waals surface area (Å²) in [4.78, 5) is 32.4. The van der Waals surface area contributed by atoms with Crippen LogP contribution in [0.3, 0.4) is 0 Å². The molecule has 1 aromatic heterocycles. The molecule has 168 valence electrons. The van der Waals surface area contributed by atoms with E-state index in [1.165, 1.54) is 25.7 Å². The fraction of sp³-hybridized carbons (Fsp3) is 0.520. The minimum absolute atomic E-state index is 0.160. The van der Waals surface area contributed by atoms with Crippen molar-refractivity contribution in [2.75, 3.05) is 26.2 Å². The summed E-state index contributed by atoms with van der Waals surface area (Å²) in [5.74, 6) is -0.725. The van der Waals surface area contributed by atoms with Crippen molar-refractivity contribution in [3.8, 4) is 0 Å². The van der Waals surface area contributed by atoms with Gasteiger partial charge in [-0.25, -0.2) is 4.99 Å². The third-order valence-electron chi connectivity index (χ3n) is 7.05. The maximum absolute atomic E-state index is 13.1. The predicted molar refractivity (Wildman–Crippen MR) is 125 cm³/mol. The number of allylic oxidation sites excluding steroid dienone is 1. The van der Waals surface area contributed by atoms with Gasteiger partial charge in [0.05, 0.1) is 29.2 Å². The highest BCUT2D eigenvalue weighted by Gasteiger charge is 2.29. The normalized spacial score (nSPS) is 22.4. The van der Waals surface area contributed by atoms with Crippen LogP contribution in [0.2, 0.25) is 0 Å². The van der Waals surface area contributed by atoms with Gasteiger partial charge in [0.25, 0.3) is 11.8 Å². The molecule has 3 heterocycles. The van der Waals surface area contributed by atoms with E-state index in [-0.39, 0.29) is 18.4 Å². The molecule has 0 bridgehead atoms. The molecule has 0 spiro atoms. The maximum atomic E-state index is 13.1. The van der Waals surface area contributed by atoms with Gasteiger partial charge in [0.2, 0.25) is 0 Å². The minimum Gasteiger partial charge on any atom is -0.351 e. The van der Waals surface area contributed by atoms with Crippen LogP contribution in [0.4, 0.5) is 0 Å². The van der Waals surface area contributed by atoms with Gasteiger partial charge in [-0.2, -0.15) is 5.10 Å². The number of benzene rings is 1.